The highest BCUT2D eigenvalue weighted by Crippen LogP contribution is 2.25. The highest BCUT2D eigenvalue weighted by molar-refractivity contribution is 5.88. The standard InChI is InChI=1S/C13H18N2O3/c1-9-6-10(12(16)17)7-11(14-9)15-5-3-4-13(2,18)8-15/h6-7,18H,3-5,8H2,1-2H3,(H,16,17). The molecule has 0 radical (unpaired) electrons. The fourth-order valence-electron chi connectivity index (χ4n) is 2.35. The van der Waals surface area contributed by atoms with Crippen molar-refractivity contribution in [3.05, 3.63) is 23.4 Å². The molecule has 0 spiro atoms. The van der Waals surface area contributed by atoms with Crippen LogP contribution in [0.15, 0.2) is 12.1 Å². The van der Waals surface area contributed by atoms with E-state index in [0.717, 1.165) is 19.4 Å². The largest absolute Gasteiger partial charge is 0.478 e. The molecule has 0 aliphatic carbocycles. The molecule has 18 heavy (non-hydrogen) atoms. The molecule has 0 amide bonds. The number of aryl methyl sites for hydroxylation is 1. The number of carboxylic acid groups (broad SMARTS) is 1. The fraction of sp³-hybridized carbons (Fsp3) is 0.538. The van der Waals surface area contributed by atoms with Gasteiger partial charge in [0.25, 0.3) is 0 Å². The van der Waals surface area contributed by atoms with E-state index >= 15 is 0 Å². The maximum Gasteiger partial charge on any atom is 0.335 e. The van der Waals surface area contributed by atoms with Crippen LogP contribution in [-0.2, 0) is 0 Å². The molecule has 2 N–H and O–H groups in total. The highest BCUT2D eigenvalue weighted by atomic mass is 16.4. The van der Waals surface area contributed by atoms with E-state index in [1.807, 2.05) is 4.90 Å². The molecule has 2 rings (SSSR count). The van der Waals surface area contributed by atoms with Crippen molar-refractivity contribution in [3.63, 3.8) is 0 Å². The van der Waals surface area contributed by atoms with Crippen molar-refractivity contribution in [2.45, 2.75) is 32.3 Å². The fourth-order valence-corrected chi connectivity index (χ4v) is 2.35. The monoisotopic (exact) mass is 250 g/mol. The maximum absolute atomic E-state index is 11.0. The second-order valence-corrected chi connectivity index (χ2v) is 5.18. The van der Waals surface area contributed by atoms with E-state index in [9.17, 15) is 9.90 Å². The molecule has 1 aliphatic rings. The van der Waals surface area contributed by atoms with Crippen molar-refractivity contribution >= 4 is 11.8 Å². The van der Waals surface area contributed by atoms with Crippen LogP contribution < -0.4 is 4.90 Å². The van der Waals surface area contributed by atoms with Crippen molar-refractivity contribution in [2.75, 3.05) is 18.0 Å². The zero-order chi connectivity index (χ0) is 13.3. The Morgan fingerprint density at radius 3 is 2.83 bits per heavy atom. The Kier molecular flexibility index (Phi) is 3.26. The molecule has 0 bridgehead atoms. The van der Waals surface area contributed by atoms with Gasteiger partial charge in [-0.25, -0.2) is 9.78 Å². The molecule has 1 aromatic rings. The summed E-state index contributed by atoms with van der Waals surface area (Å²) >= 11 is 0. The lowest BCUT2D eigenvalue weighted by Gasteiger charge is -2.37. The molecule has 0 aromatic carbocycles. The molecule has 1 aliphatic heterocycles. The van der Waals surface area contributed by atoms with Crippen molar-refractivity contribution in [1.29, 1.82) is 0 Å². The third kappa shape index (κ3) is 2.79. The second kappa shape index (κ2) is 4.57. The minimum atomic E-state index is -0.953. The molecule has 98 valence electrons. The van der Waals surface area contributed by atoms with E-state index in [0.29, 0.717) is 18.1 Å². The van der Waals surface area contributed by atoms with Crippen LogP contribution in [0.5, 0.6) is 0 Å². The van der Waals surface area contributed by atoms with E-state index < -0.39 is 11.6 Å². The normalized spacial score (nSPS) is 24.1. The lowest BCUT2D eigenvalue weighted by Crippen LogP contribution is -2.46. The van der Waals surface area contributed by atoms with Gasteiger partial charge in [0.05, 0.1) is 11.2 Å². The lowest BCUT2D eigenvalue weighted by molar-refractivity contribution is 0.0447. The van der Waals surface area contributed by atoms with Crippen LogP contribution in [0.25, 0.3) is 0 Å². The summed E-state index contributed by atoms with van der Waals surface area (Å²) in [6, 6.07) is 3.12. The number of hydrogen-bond donors (Lipinski definition) is 2. The molecule has 1 unspecified atom stereocenters. The van der Waals surface area contributed by atoms with E-state index in [1.54, 1.807) is 26.0 Å². The second-order valence-electron chi connectivity index (χ2n) is 5.18. The van der Waals surface area contributed by atoms with Gasteiger partial charge in [0.15, 0.2) is 0 Å². The molecular formula is C13H18N2O3. The van der Waals surface area contributed by atoms with Gasteiger partial charge in [-0.15, -0.1) is 0 Å². The first-order valence-electron chi connectivity index (χ1n) is 6.07. The summed E-state index contributed by atoms with van der Waals surface area (Å²) in [6.45, 7) is 4.86. The molecule has 5 nitrogen and oxygen atoms in total. The first kappa shape index (κ1) is 12.8. The van der Waals surface area contributed by atoms with Crippen LogP contribution in [0.2, 0.25) is 0 Å². The number of rotatable bonds is 2. The quantitative estimate of drug-likeness (QED) is 0.830. The van der Waals surface area contributed by atoms with Gasteiger partial charge in [-0.1, -0.05) is 0 Å². The Balaban J connectivity index is 2.30. The Morgan fingerprint density at radius 2 is 2.22 bits per heavy atom. The van der Waals surface area contributed by atoms with E-state index in [-0.39, 0.29) is 5.56 Å². The zero-order valence-corrected chi connectivity index (χ0v) is 10.7. The van der Waals surface area contributed by atoms with Gasteiger partial charge in [-0.3, -0.25) is 0 Å². The van der Waals surface area contributed by atoms with Gasteiger partial charge in [0.2, 0.25) is 0 Å². The summed E-state index contributed by atoms with van der Waals surface area (Å²) in [5.74, 6) is -0.321. The highest BCUT2D eigenvalue weighted by Gasteiger charge is 2.29. The number of aliphatic hydroxyl groups is 1. The van der Waals surface area contributed by atoms with E-state index in [1.165, 1.54) is 0 Å². The number of hydrogen-bond acceptors (Lipinski definition) is 4. The number of β-amino-alcohol motifs (C(OH)–C–C–N with tert-alkyl or cyclic N) is 1. The van der Waals surface area contributed by atoms with Crippen molar-refractivity contribution in [2.24, 2.45) is 0 Å². The summed E-state index contributed by atoms with van der Waals surface area (Å²) < 4.78 is 0. The smallest absolute Gasteiger partial charge is 0.335 e. The minimum absolute atomic E-state index is 0.239. The number of anilines is 1. The summed E-state index contributed by atoms with van der Waals surface area (Å²) in [5.41, 5.74) is 0.186. The molecule has 1 atom stereocenters. The number of aromatic nitrogens is 1. The van der Waals surface area contributed by atoms with E-state index in [4.69, 9.17) is 5.11 Å². The third-order valence-electron chi connectivity index (χ3n) is 3.19. The average molecular weight is 250 g/mol. The Bertz CT molecular complexity index is 471. The van der Waals surface area contributed by atoms with Crippen molar-refractivity contribution < 1.29 is 15.0 Å². The molecular weight excluding hydrogens is 232 g/mol. The zero-order valence-electron chi connectivity index (χ0n) is 10.7. The minimum Gasteiger partial charge on any atom is -0.478 e. The van der Waals surface area contributed by atoms with Crippen LogP contribution in [-0.4, -0.2) is 39.9 Å². The number of piperidine rings is 1. The first-order valence-corrected chi connectivity index (χ1v) is 6.07. The van der Waals surface area contributed by atoms with Gasteiger partial charge >= 0.3 is 5.97 Å². The Hall–Kier alpha value is -1.62. The molecule has 1 saturated heterocycles. The lowest BCUT2D eigenvalue weighted by atomic mass is 9.95. The molecule has 1 fully saturated rings. The van der Waals surface area contributed by atoms with Gasteiger partial charge in [0.1, 0.15) is 5.82 Å². The maximum atomic E-state index is 11.0. The summed E-state index contributed by atoms with van der Waals surface area (Å²) in [7, 11) is 0. The first-order chi connectivity index (χ1) is 8.37. The average Bonchev–Trinajstić information content (AvgIpc) is 2.26. The Morgan fingerprint density at radius 1 is 1.50 bits per heavy atom. The van der Waals surface area contributed by atoms with Gasteiger partial charge in [-0.05, 0) is 38.8 Å². The third-order valence-corrected chi connectivity index (χ3v) is 3.19. The number of carboxylic acids is 1. The van der Waals surface area contributed by atoms with Crippen LogP contribution in [0.3, 0.4) is 0 Å². The van der Waals surface area contributed by atoms with E-state index in [2.05, 4.69) is 4.98 Å². The summed E-state index contributed by atoms with van der Waals surface area (Å²) in [6.07, 6.45) is 1.64. The van der Waals surface area contributed by atoms with Crippen LogP contribution in [0, 0.1) is 6.92 Å². The molecule has 5 heteroatoms. The Labute approximate surface area is 106 Å². The van der Waals surface area contributed by atoms with Crippen molar-refractivity contribution in [1.82, 2.24) is 4.98 Å². The molecule has 1 aromatic heterocycles. The predicted molar refractivity (Wildman–Crippen MR) is 68.0 cm³/mol. The van der Waals surface area contributed by atoms with Crippen LogP contribution in [0.4, 0.5) is 5.82 Å². The number of pyridine rings is 1. The SMILES string of the molecule is Cc1cc(C(=O)O)cc(N2CCCC(C)(O)C2)n1. The van der Waals surface area contributed by atoms with Gasteiger partial charge < -0.3 is 15.1 Å². The van der Waals surface area contributed by atoms with Gasteiger partial charge in [0, 0.05) is 18.8 Å². The molecule has 2 heterocycles. The molecule has 0 saturated carbocycles. The summed E-state index contributed by atoms with van der Waals surface area (Å²) in [4.78, 5) is 17.3. The van der Waals surface area contributed by atoms with Crippen molar-refractivity contribution in [3.8, 4) is 0 Å². The predicted octanol–water partition coefficient (Wildman–Crippen LogP) is 1.44. The summed E-state index contributed by atoms with van der Waals surface area (Å²) in [5, 5.41) is 19.1. The topological polar surface area (TPSA) is 73.7 Å². The number of aromatic carboxylic acids is 1. The van der Waals surface area contributed by atoms with Gasteiger partial charge in [-0.2, -0.15) is 0 Å². The van der Waals surface area contributed by atoms with Crippen LogP contribution >= 0.6 is 0 Å². The van der Waals surface area contributed by atoms with Crippen LogP contribution in [0.1, 0.15) is 35.8 Å². The number of nitrogens with zero attached hydrogens (tertiary/aromatic N) is 2. The number of carbonyl (C=O) groups is 1.